The molecule has 1 amide bonds. The van der Waals surface area contributed by atoms with E-state index in [9.17, 15) is 9.18 Å². The van der Waals surface area contributed by atoms with E-state index in [0.29, 0.717) is 25.2 Å². The fraction of sp³-hybridized carbons (Fsp3) is 0.385. The van der Waals surface area contributed by atoms with Crippen LogP contribution in [0.15, 0.2) is 18.2 Å². The molecule has 1 N–H and O–H groups in total. The minimum Gasteiger partial charge on any atom is -0.310 e. The van der Waals surface area contributed by atoms with Crippen molar-refractivity contribution in [3.05, 3.63) is 29.6 Å². The summed E-state index contributed by atoms with van der Waals surface area (Å²) < 4.78 is 13.5. The molecule has 1 aromatic carbocycles. The molecule has 1 fully saturated rings. The van der Waals surface area contributed by atoms with E-state index in [4.69, 9.17) is 5.26 Å². The Bertz CT molecular complexity index is 509. The summed E-state index contributed by atoms with van der Waals surface area (Å²) in [4.78, 5) is 13.6. The van der Waals surface area contributed by atoms with Crippen LogP contribution in [0.3, 0.4) is 0 Å². The van der Waals surface area contributed by atoms with Gasteiger partial charge < -0.3 is 10.2 Å². The fourth-order valence-electron chi connectivity index (χ4n) is 2.20. The summed E-state index contributed by atoms with van der Waals surface area (Å²) in [6.45, 7) is 3.14. The van der Waals surface area contributed by atoms with Gasteiger partial charge in [0, 0.05) is 6.54 Å². The van der Waals surface area contributed by atoms with E-state index in [1.807, 2.05) is 13.0 Å². The van der Waals surface area contributed by atoms with Crippen LogP contribution in [0.2, 0.25) is 0 Å². The fourth-order valence-corrected chi connectivity index (χ4v) is 2.20. The zero-order valence-electron chi connectivity index (χ0n) is 10.1. The number of anilines is 1. The second-order valence-electron chi connectivity index (χ2n) is 4.13. The van der Waals surface area contributed by atoms with Gasteiger partial charge in [-0.3, -0.25) is 4.79 Å². The molecule has 0 saturated carbocycles. The van der Waals surface area contributed by atoms with Gasteiger partial charge >= 0.3 is 0 Å². The van der Waals surface area contributed by atoms with Gasteiger partial charge in [-0.2, -0.15) is 5.26 Å². The molecule has 0 radical (unpaired) electrons. The maximum atomic E-state index is 13.5. The molecule has 1 aliphatic heterocycles. The average Bonchev–Trinajstić information content (AvgIpc) is 2.71. The van der Waals surface area contributed by atoms with E-state index in [1.165, 1.54) is 17.0 Å². The van der Waals surface area contributed by atoms with Crippen molar-refractivity contribution in [3.8, 4) is 6.07 Å². The molecule has 0 bridgehead atoms. The average molecular weight is 247 g/mol. The van der Waals surface area contributed by atoms with Crippen molar-refractivity contribution >= 4 is 11.6 Å². The van der Waals surface area contributed by atoms with E-state index in [0.717, 1.165) is 0 Å². The molecular weight excluding hydrogens is 233 g/mol. The van der Waals surface area contributed by atoms with E-state index < -0.39 is 5.82 Å². The highest BCUT2D eigenvalue weighted by Gasteiger charge is 2.33. The number of nitrogens with zero attached hydrogens (tertiary/aromatic N) is 2. The third kappa shape index (κ3) is 2.07. The molecule has 4 nitrogen and oxygen atoms in total. The van der Waals surface area contributed by atoms with Gasteiger partial charge in [0.25, 0.3) is 0 Å². The van der Waals surface area contributed by atoms with Gasteiger partial charge in [-0.25, -0.2) is 4.39 Å². The molecule has 1 aromatic rings. The number of rotatable bonds is 3. The summed E-state index contributed by atoms with van der Waals surface area (Å²) in [5, 5.41) is 12.0. The molecule has 1 saturated heterocycles. The second kappa shape index (κ2) is 5.15. The van der Waals surface area contributed by atoms with Gasteiger partial charge in [0.15, 0.2) is 0 Å². The van der Waals surface area contributed by atoms with Crippen LogP contribution in [-0.4, -0.2) is 25.0 Å². The highest BCUT2D eigenvalue weighted by Crippen LogP contribution is 2.26. The van der Waals surface area contributed by atoms with E-state index in [1.54, 1.807) is 6.07 Å². The van der Waals surface area contributed by atoms with Gasteiger partial charge in [0.1, 0.15) is 17.4 Å². The number of halogens is 1. The zero-order chi connectivity index (χ0) is 13.1. The van der Waals surface area contributed by atoms with E-state index >= 15 is 0 Å². The molecular formula is C13H14FN3O. The molecule has 94 valence electrons. The number of likely N-dealkylation sites (N-methyl/N-ethyl adjacent to an activating group) is 1. The molecule has 1 heterocycles. The summed E-state index contributed by atoms with van der Waals surface area (Å²) in [5.41, 5.74) is 0.297. The summed E-state index contributed by atoms with van der Waals surface area (Å²) >= 11 is 0. The lowest BCUT2D eigenvalue weighted by atomic mass is 10.1. The van der Waals surface area contributed by atoms with Gasteiger partial charge in [-0.15, -0.1) is 0 Å². The van der Waals surface area contributed by atoms with Crippen molar-refractivity contribution in [2.24, 2.45) is 0 Å². The topological polar surface area (TPSA) is 56.1 Å². The Morgan fingerprint density at radius 3 is 3.06 bits per heavy atom. The number of hydrogen-bond acceptors (Lipinski definition) is 3. The van der Waals surface area contributed by atoms with Crippen LogP contribution in [0.5, 0.6) is 0 Å². The van der Waals surface area contributed by atoms with Crippen LogP contribution in [0.4, 0.5) is 10.1 Å². The van der Waals surface area contributed by atoms with Crippen molar-refractivity contribution in [2.45, 2.75) is 19.4 Å². The number of benzene rings is 1. The van der Waals surface area contributed by atoms with E-state index in [2.05, 4.69) is 5.32 Å². The van der Waals surface area contributed by atoms with Crippen molar-refractivity contribution < 1.29 is 9.18 Å². The molecule has 1 unspecified atom stereocenters. The number of nitrogens with one attached hydrogen (secondary N) is 1. The molecule has 1 atom stereocenters. The largest absolute Gasteiger partial charge is 0.310 e. The minimum atomic E-state index is -0.588. The monoisotopic (exact) mass is 247 g/mol. The highest BCUT2D eigenvalue weighted by molar-refractivity contribution is 6.00. The molecule has 0 aromatic heterocycles. The van der Waals surface area contributed by atoms with Crippen LogP contribution in [0, 0.1) is 17.1 Å². The predicted molar refractivity (Wildman–Crippen MR) is 65.5 cm³/mol. The van der Waals surface area contributed by atoms with Gasteiger partial charge in [-0.05, 0) is 25.1 Å². The predicted octanol–water partition coefficient (Wildman–Crippen LogP) is 1.41. The first-order chi connectivity index (χ1) is 8.69. The van der Waals surface area contributed by atoms with Crippen molar-refractivity contribution in [2.75, 3.05) is 18.0 Å². The van der Waals surface area contributed by atoms with Gasteiger partial charge in [0.05, 0.1) is 11.7 Å². The summed E-state index contributed by atoms with van der Waals surface area (Å²) in [6, 6.07) is 5.93. The lowest BCUT2D eigenvalue weighted by Crippen LogP contribution is -2.38. The highest BCUT2D eigenvalue weighted by atomic mass is 19.1. The zero-order valence-corrected chi connectivity index (χ0v) is 10.1. The van der Waals surface area contributed by atoms with Crippen molar-refractivity contribution in [1.82, 2.24) is 5.32 Å². The molecule has 18 heavy (non-hydrogen) atoms. The number of carbonyl (C=O) groups is 1. The van der Waals surface area contributed by atoms with Crippen molar-refractivity contribution in [3.63, 3.8) is 0 Å². The Hall–Kier alpha value is -1.93. The quantitative estimate of drug-likeness (QED) is 0.878. The first-order valence-corrected chi connectivity index (χ1v) is 5.92. The van der Waals surface area contributed by atoms with Crippen LogP contribution >= 0.6 is 0 Å². The van der Waals surface area contributed by atoms with E-state index in [-0.39, 0.29) is 17.5 Å². The molecule has 5 heteroatoms. The minimum absolute atomic E-state index is 0.0667. The maximum Gasteiger partial charge on any atom is 0.244 e. The Kier molecular flexibility index (Phi) is 3.58. The Balaban J connectivity index is 2.32. The Labute approximate surface area is 105 Å². The standard InChI is InChI=1S/C13H14FN3O/c1-2-16-11-6-7-17(13(11)18)12-5-3-4-10(14)9(12)8-15/h3-5,11,16H,2,6-7H2,1H3. The Morgan fingerprint density at radius 2 is 2.39 bits per heavy atom. The lowest BCUT2D eigenvalue weighted by Gasteiger charge is -2.18. The van der Waals surface area contributed by atoms with Gasteiger partial charge in [0.2, 0.25) is 5.91 Å². The van der Waals surface area contributed by atoms with Crippen LogP contribution in [-0.2, 0) is 4.79 Å². The smallest absolute Gasteiger partial charge is 0.244 e. The third-order valence-corrected chi connectivity index (χ3v) is 3.05. The molecule has 0 aliphatic carbocycles. The molecule has 1 aliphatic rings. The number of amides is 1. The third-order valence-electron chi connectivity index (χ3n) is 3.05. The van der Waals surface area contributed by atoms with Crippen LogP contribution in [0.25, 0.3) is 0 Å². The summed E-state index contributed by atoms with van der Waals surface area (Å²) in [7, 11) is 0. The first-order valence-electron chi connectivity index (χ1n) is 5.92. The van der Waals surface area contributed by atoms with Crippen LogP contribution < -0.4 is 10.2 Å². The SMILES string of the molecule is CCNC1CCN(c2cccc(F)c2C#N)C1=O. The number of carbonyl (C=O) groups excluding carboxylic acids is 1. The summed E-state index contributed by atoms with van der Waals surface area (Å²) in [6.07, 6.45) is 0.675. The Morgan fingerprint density at radius 1 is 1.61 bits per heavy atom. The summed E-state index contributed by atoms with van der Waals surface area (Å²) in [5.74, 6) is -0.686. The maximum absolute atomic E-state index is 13.5. The van der Waals surface area contributed by atoms with Crippen LogP contribution in [0.1, 0.15) is 18.9 Å². The normalized spacial score (nSPS) is 19.1. The molecule has 2 rings (SSSR count). The van der Waals surface area contributed by atoms with Crippen molar-refractivity contribution in [1.29, 1.82) is 5.26 Å². The number of nitriles is 1. The second-order valence-corrected chi connectivity index (χ2v) is 4.13. The first kappa shape index (κ1) is 12.5. The molecule has 0 spiro atoms. The lowest BCUT2D eigenvalue weighted by molar-refractivity contribution is -0.118. The van der Waals surface area contributed by atoms with Gasteiger partial charge in [-0.1, -0.05) is 13.0 Å². The number of hydrogen-bond donors (Lipinski definition) is 1.